The van der Waals surface area contributed by atoms with Crippen molar-refractivity contribution in [2.75, 3.05) is 32.8 Å². The van der Waals surface area contributed by atoms with Crippen LogP contribution in [0.4, 0.5) is 4.79 Å². The molecule has 3 aromatic rings. The molecule has 0 unspecified atom stereocenters. The number of amides is 2. The second kappa shape index (κ2) is 8.67. The lowest BCUT2D eigenvalue weighted by molar-refractivity contribution is 0.171. The van der Waals surface area contributed by atoms with Gasteiger partial charge in [0.1, 0.15) is 18.7 Å². The molecule has 1 N–H and O–H groups in total. The van der Waals surface area contributed by atoms with Gasteiger partial charge in [-0.15, -0.1) is 0 Å². The SMILES string of the molecule is O=C(NCCc1cc(Cl)c2c(c1)OCCO2)N1CCC(c2nc3ccccc3o2)CC1. The normalized spacial score (nSPS) is 16.5. The first-order valence-electron chi connectivity index (χ1n) is 10.6. The molecule has 0 atom stereocenters. The molecule has 7 nitrogen and oxygen atoms in total. The summed E-state index contributed by atoms with van der Waals surface area (Å²) in [6, 6.07) is 11.6. The van der Waals surface area contributed by atoms with Crippen molar-refractivity contribution in [2.24, 2.45) is 0 Å². The van der Waals surface area contributed by atoms with Gasteiger partial charge in [0.15, 0.2) is 23.0 Å². The van der Waals surface area contributed by atoms with E-state index >= 15 is 0 Å². The van der Waals surface area contributed by atoms with Crippen LogP contribution in [-0.2, 0) is 6.42 Å². The zero-order chi connectivity index (χ0) is 21.2. The number of carbonyl (C=O) groups excluding carboxylic acids is 1. The second-order valence-corrected chi connectivity index (χ2v) is 8.27. The Bertz CT molecular complexity index is 1060. The first kappa shape index (κ1) is 20.0. The minimum Gasteiger partial charge on any atom is -0.486 e. The number of para-hydroxylation sites is 2. The van der Waals surface area contributed by atoms with Crippen LogP contribution in [0.2, 0.25) is 5.02 Å². The van der Waals surface area contributed by atoms with Crippen molar-refractivity contribution in [1.29, 1.82) is 0 Å². The summed E-state index contributed by atoms with van der Waals surface area (Å²) >= 11 is 6.29. The van der Waals surface area contributed by atoms with Gasteiger partial charge in [-0.25, -0.2) is 9.78 Å². The van der Waals surface area contributed by atoms with Gasteiger partial charge in [0.25, 0.3) is 0 Å². The average molecular weight is 442 g/mol. The summed E-state index contributed by atoms with van der Waals surface area (Å²) in [6.45, 7) is 2.92. The van der Waals surface area contributed by atoms with E-state index in [2.05, 4.69) is 10.3 Å². The Kier molecular flexibility index (Phi) is 5.59. The third kappa shape index (κ3) is 4.28. The fraction of sp³-hybridized carbons (Fsp3) is 0.391. The number of oxazole rings is 1. The molecule has 1 saturated heterocycles. The number of nitrogens with one attached hydrogen (secondary N) is 1. The number of hydrogen-bond donors (Lipinski definition) is 1. The van der Waals surface area contributed by atoms with Crippen molar-refractivity contribution in [3.05, 3.63) is 52.9 Å². The van der Waals surface area contributed by atoms with Gasteiger partial charge in [-0.05, 0) is 49.1 Å². The van der Waals surface area contributed by atoms with Crippen LogP contribution in [-0.4, -0.2) is 48.8 Å². The van der Waals surface area contributed by atoms with Gasteiger partial charge >= 0.3 is 6.03 Å². The topological polar surface area (TPSA) is 76.8 Å². The highest BCUT2D eigenvalue weighted by molar-refractivity contribution is 6.32. The van der Waals surface area contributed by atoms with Crippen LogP contribution in [0.15, 0.2) is 40.8 Å². The number of hydrogen-bond acceptors (Lipinski definition) is 5. The van der Waals surface area contributed by atoms with Crippen molar-refractivity contribution < 1.29 is 18.7 Å². The Morgan fingerprint density at radius 3 is 2.81 bits per heavy atom. The van der Waals surface area contributed by atoms with E-state index in [9.17, 15) is 4.79 Å². The molecule has 162 valence electrons. The number of nitrogens with zero attached hydrogens (tertiary/aromatic N) is 2. The van der Waals surface area contributed by atoms with Crippen molar-refractivity contribution in [3.8, 4) is 11.5 Å². The first-order valence-corrected chi connectivity index (χ1v) is 11.0. The van der Waals surface area contributed by atoms with Crippen molar-refractivity contribution in [3.63, 3.8) is 0 Å². The molecule has 2 aromatic carbocycles. The lowest BCUT2D eigenvalue weighted by Crippen LogP contribution is -2.44. The summed E-state index contributed by atoms with van der Waals surface area (Å²) < 4.78 is 17.1. The number of piperidine rings is 1. The summed E-state index contributed by atoms with van der Waals surface area (Å²) in [6.07, 6.45) is 2.36. The number of benzene rings is 2. The van der Waals surface area contributed by atoms with E-state index in [4.69, 9.17) is 25.5 Å². The van der Waals surface area contributed by atoms with E-state index in [-0.39, 0.29) is 11.9 Å². The Hall–Kier alpha value is -2.93. The van der Waals surface area contributed by atoms with Crippen LogP contribution in [0.3, 0.4) is 0 Å². The minimum atomic E-state index is -0.0420. The van der Waals surface area contributed by atoms with Crippen LogP contribution in [0.25, 0.3) is 11.1 Å². The number of rotatable bonds is 4. The number of ether oxygens (including phenoxy) is 2. The van der Waals surface area contributed by atoms with Crippen LogP contribution in [0, 0.1) is 0 Å². The maximum Gasteiger partial charge on any atom is 0.317 e. The van der Waals surface area contributed by atoms with Crippen molar-refractivity contribution in [2.45, 2.75) is 25.2 Å². The van der Waals surface area contributed by atoms with Gasteiger partial charge in [-0.2, -0.15) is 0 Å². The van der Waals surface area contributed by atoms with Gasteiger partial charge in [0, 0.05) is 25.6 Å². The third-order valence-electron chi connectivity index (χ3n) is 5.79. The summed E-state index contributed by atoms with van der Waals surface area (Å²) in [5.41, 5.74) is 2.71. The zero-order valence-electron chi connectivity index (χ0n) is 17.1. The van der Waals surface area contributed by atoms with E-state index in [0.717, 1.165) is 35.4 Å². The summed E-state index contributed by atoms with van der Waals surface area (Å²) in [7, 11) is 0. The van der Waals surface area contributed by atoms with Crippen molar-refractivity contribution in [1.82, 2.24) is 15.2 Å². The summed E-state index contributed by atoms with van der Waals surface area (Å²) in [5.74, 6) is 2.29. The lowest BCUT2D eigenvalue weighted by Gasteiger charge is -2.30. The zero-order valence-corrected chi connectivity index (χ0v) is 17.9. The molecule has 0 aliphatic carbocycles. The fourth-order valence-corrected chi connectivity index (χ4v) is 4.42. The van der Waals surface area contributed by atoms with E-state index in [1.54, 1.807) is 0 Å². The second-order valence-electron chi connectivity index (χ2n) is 7.86. The molecule has 2 aliphatic heterocycles. The maximum absolute atomic E-state index is 12.6. The molecule has 0 radical (unpaired) electrons. The van der Waals surface area contributed by atoms with Crippen LogP contribution >= 0.6 is 11.6 Å². The molecule has 5 rings (SSSR count). The van der Waals surface area contributed by atoms with E-state index in [1.807, 2.05) is 41.3 Å². The van der Waals surface area contributed by atoms with Crippen molar-refractivity contribution >= 4 is 28.7 Å². The summed E-state index contributed by atoms with van der Waals surface area (Å²) in [5, 5.41) is 3.55. The lowest BCUT2D eigenvalue weighted by atomic mass is 9.97. The highest BCUT2D eigenvalue weighted by Gasteiger charge is 2.27. The van der Waals surface area contributed by atoms with Crippen LogP contribution in [0.5, 0.6) is 11.5 Å². The number of carbonyl (C=O) groups is 1. The Balaban J connectivity index is 1.11. The van der Waals surface area contributed by atoms with E-state index in [1.165, 1.54) is 0 Å². The molecule has 3 heterocycles. The molecule has 0 bridgehead atoms. The van der Waals surface area contributed by atoms with Gasteiger partial charge in [0.05, 0.1) is 5.02 Å². The quantitative estimate of drug-likeness (QED) is 0.650. The standard InChI is InChI=1S/C23H24ClN3O4/c24-17-13-15(14-20-21(17)30-12-11-29-20)5-8-25-23(28)27-9-6-16(7-10-27)22-26-18-3-1-2-4-19(18)31-22/h1-4,13-14,16H,5-12H2,(H,25,28). The average Bonchev–Trinajstić information content (AvgIpc) is 3.23. The number of fused-ring (bicyclic) bond motifs is 2. The number of likely N-dealkylation sites (tertiary alicyclic amines) is 1. The molecule has 2 amide bonds. The molecule has 8 heteroatoms. The van der Waals surface area contributed by atoms with Gasteiger partial charge in [-0.3, -0.25) is 0 Å². The monoisotopic (exact) mass is 441 g/mol. The molecular weight excluding hydrogens is 418 g/mol. The molecule has 1 fully saturated rings. The highest BCUT2D eigenvalue weighted by atomic mass is 35.5. The minimum absolute atomic E-state index is 0.0420. The molecule has 1 aromatic heterocycles. The van der Waals surface area contributed by atoms with Crippen LogP contribution in [0.1, 0.15) is 30.2 Å². The van der Waals surface area contributed by atoms with Gasteiger partial charge in [0.2, 0.25) is 0 Å². The predicted molar refractivity (Wildman–Crippen MR) is 117 cm³/mol. The maximum atomic E-state index is 12.6. The van der Waals surface area contributed by atoms with E-state index < -0.39 is 0 Å². The summed E-state index contributed by atoms with van der Waals surface area (Å²) in [4.78, 5) is 19.0. The molecule has 31 heavy (non-hydrogen) atoms. The fourth-order valence-electron chi connectivity index (χ4n) is 4.13. The Morgan fingerprint density at radius 1 is 1.16 bits per heavy atom. The predicted octanol–water partition coefficient (Wildman–Crippen LogP) is 4.38. The molecule has 0 spiro atoms. The molecule has 0 saturated carbocycles. The molecule has 2 aliphatic rings. The highest BCUT2D eigenvalue weighted by Crippen LogP contribution is 2.38. The third-order valence-corrected chi connectivity index (χ3v) is 6.07. The largest absolute Gasteiger partial charge is 0.486 e. The van der Waals surface area contributed by atoms with E-state index in [0.29, 0.717) is 55.8 Å². The smallest absolute Gasteiger partial charge is 0.317 e. The Labute approximate surface area is 185 Å². The number of halogens is 1. The molecular formula is C23H24ClN3O4. The first-order chi connectivity index (χ1) is 15.2. The van der Waals surface area contributed by atoms with Gasteiger partial charge < -0.3 is 24.1 Å². The Morgan fingerprint density at radius 2 is 1.97 bits per heavy atom. The number of urea groups is 1. The number of aromatic nitrogens is 1. The van der Waals surface area contributed by atoms with Gasteiger partial charge in [-0.1, -0.05) is 23.7 Å². The van der Waals surface area contributed by atoms with Crippen LogP contribution < -0.4 is 14.8 Å².